The molecule has 0 radical (unpaired) electrons. The Balaban J connectivity index is 1.82. The summed E-state index contributed by atoms with van der Waals surface area (Å²) in [5, 5.41) is 3.40. The highest BCUT2D eigenvalue weighted by atomic mass is 15.3. The van der Waals surface area contributed by atoms with Crippen molar-refractivity contribution in [3.8, 4) is 0 Å². The smallest absolute Gasteiger partial charge is 0.148 e. The van der Waals surface area contributed by atoms with E-state index < -0.39 is 0 Å². The molecule has 106 valence electrons. The Morgan fingerprint density at radius 3 is 2.84 bits per heavy atom. The molecule has 4 N–H and O–H groups in total. The maximum absolute atomic E-state index is 5.41. The molecule has 19 heavy (non-hydrogen) atoms. The minimum Gasteiger partial charge on any atom is -0.370 e. The first-order valence-corrected chi connectivity index (χ1v) is 7.22. The van der Waals surface area contributed by atoms with Crippen LogP contribution in [-0.4, -0.2) is 16.5 Å². The van der Waals surface area contributed by atoms with Gasteiger partial charge in [0.2, 0.25) is 0 Å². The van der Waals surface area contributed by atoms with Gasteiger partial charge in [-0.05, 0) is 31.6 Å². The van der Waals surface area contributed by atoms with Crippen LogP contribution in [0.25, 0.3) is 0 Å². The first-order chi connectivity index (χ1) is 9.20. The first kappa shape index (κ1) is 14.1. The summed E-state index contributed by atoms with van der Waals surface area (Å²) in [5.74, 6) is 8.74. The molecule has 5 heteroatoms. The summed E-state index contributed by atoms with van der Waals surface area (Å²) in [6, 6.07) is 0. The fourth-order valence-electron chi connectivity index (χ4n) is 2.99. The van der Waals surface area contributed by atoms with Crippen molar-refractivity contribution in [1.29, 1.82) is 0 Å². The first-order valence-electron chi connectivity index (χ1n) is 7.22. The number of rotatable bonds is 5. The number of nitrogens with one attached hydrogen (secondary N) is 2. The van der Waals surface area contributed by atoms with E-state index >= 15 is 0 Å². The van der Waals surface area contributed by atoms with Crippen LogP contribution in [0.3, 0.4) is 0 Å². The van der Waals surface area contributed by atoms with Gasteiger partial charge in [0.15, 0.2) is 0 Å². The van der Waals surface area contributed by atoms with Gasteiger partial charge in [0.05, 0.1) is 0 Å². The van der Waals surface area contributed by atoms with Crippen molar-refractivity contribution in [2.24, 2.45) is 17.7 Å². The highest BCUT2D eigenvalue weighted by Crippen LogP contribution is 2.30. The van der Waals surface area contributed by atoms with E-state index in [1.165, 1.54) is 38.4 Å². The van der Waals surface area contributed by atoms with Crippen molar-refractivity contribution >= 4 is 11.6 Å². The van der Waals surface area contributed by atoms with Gasteiger partial charge in [0.25, 0.3) is 0 Å². The van der Waals surface area contributed by atoms with E-state index in [-0.39, 0.29) is 0 Å². The number of nitrogens with two attached hydrogens (primary N) is 1. The van der Waals surface area contributed by atoms with E-state index in [2.05, 4.69) is 27.6 Å². The van der Waals surface area contributed by atoms with Crippen LogP contribution in [0.2, 0.25) is 0 Å². The summed E-state index contributed by atoms with van der Waals surface area (Å²) >= 11 is 0. The number of anilines is 2. The van der Waals surface area contributed by atoms with E-state index in [1.54, 1.807) is 0 Å². The van der Waals surface area contributed by atoms with Crippen molar-refractivity contribution in [3.05, 3.63) is 11.9 Å². The zero-order chi connectivity index (χ0) is 13.7. The molecule has 2 atom stereocenters. The van der Waals surface area contributed by atoms with Gasteiger partial charge in [-0.25, -0.2) is 15.8 Å². The van der Waals surface area contributed by atoms with Crippen molar-refractivity contribution in [1.82, 2.24) is 9.97 Å². The van der Waals surface area contributed by atoms with Gasteiger partial charge in [0, 0.05) is 12.1 Å². The third kappa shape index (κ3) is 3.80. The molecule has 0 saturated heterocycles. The van der Waals surface area contributed by atoms with Gasteiger partial charge in [-0.15, -0.1) is 0 Å². The van der Waals surface area contributed by atoms with Crippen LogP contribution in [-0.2, 0) is 0 Å². The lowest BCUT2D eigenvalue weighted by Gasteiger charge is -2.26. The van der Waals surface area contributed by atoms with Gasteiger partial charge in [-0.2, -0.15) is 0 Å². The van der Waals surface area contributed by atoms with Gasteiger partial charge in [-0.1, -0.05) is 26.2 Å². The van der Waals surface area contributed by atoms with E-state index in [4.69, 9.17) is 5.84 Å². The molecule has 1 saturated carbocycles. The van der Waals surface area contributed by atoms with Crippen molar-refractivity contribution in [2.75, 3.05) is 17.3 Å². The molecule has 0 aliphatic heterocycles. The van der Waals surface area contributed by atoms with Crippen LogP contribution in [0.4, 0.5) is 11.6 Å². The largest absolute Gasteiger partial charge is 0.370 e. The fraction of sp³-hybridized carbons (Fsp3) is 0.714. The maximum Gasteiger partial charge on any atom is 0.148 e. The average Bonchev–Trinajstić information content (AvgIpc) is 2.41. The van der Waals surface area contributed by atoms with E-state index in [0.29, 0.717) is 5.82 Å². The lowest BCUT2D eigenvalue weighted by molar-refractivity contribution is 0.274. The summed E-state index contributed by atoms with van der Waals surface area (Å²) in [7, 11) is 0. The molecule has 1 aromatic heterocycles. The Hall–Kier alpha value is -1.36. The number of nitrogens with zero attached hydrogens (tertiary/aromatic N) is 2. The topological polar surface area (TPSA) is 75.9 Å². The van der Waals surface area contributed by atoms with Crippen LogP contribution < -0.4 is 16.6 Å². The third-order valence-electron chi connectivity index (χ3n) is 4.11. The molecular weight excluding hydrogens is 238 g/mol. The Bertz CT molecular complexity index is 407. The lowest BCUT2D eigenvalue weighted by Crippen LogP contribution is -2.18. The van der Waals surface area contributed by atoms with Crippen LogP contribution in [0.5, 0.6) is 0 Å². The lowest BCUT2D eigenvalue weighted by atomic mass is 9.81. The Kier molecular flexibility index (Phi) is 4.96. The molecule has 2 rings (SSSR count). The van der Waals surface area contributed by atoms with E-state index in [1.807, 2.05) is 6.92 Å². The van der Waals surface area contributed by atoms with Crippen LogP contribution in [0.1, 0.15) is 44.6 Å². The Morgan fingerprint density at radius 1 is 1.32 bits per heavy atom. The average molecular weight is 263 g/mol. The Morgan fingerprint density at radius 2 is 2.11 bits per heavy atom. The summed E-state index contributed by atoms with van der Waals surface area (Å²) in [5.41, 5.74) is 3.56. The third-order valence-corrected chi connectivity index (χ3v) is 4.11. The quantitative estimate of drug-likeness (QED) is 0.562. The minimum absolute atomic E-state index is 0.684. The number of nitrogen functional groups attached to an aromatic ring is 1. The molecule has 1 heterocycles. The summed E-state index contributed by atoms with van der Waals surface area (Å²) in [4.78, 5) is 8.34. The maximum atomic E-state index is 5.41. The van der Waals surface area contributed by atoms with Gasteiger partial charge in [-0.3, -0.25) is 0 Å². The summed E-state index contributed by atoms with van der Waals surface area (Å²) < 4.78 is 0. The predicted octanol–water partition coefficient (Wildman–Crippen LogP) is 2.70. The second-order valence-corrected chi connectivity index (χ2v) is 5.69. The number of aromatic nitrogens is 2. The predicted molar refractivity (Wildman–Crippen MR) is 78.8 cm³/mol. The molecule has 2 unspecified atom stereocenters. The molecular formula is C14H25N5. The second kappa shape index (κ2) is 6.70. The Labute approximate surface area is 115 Å². The molecule has 1 aliphatic rings. The monoisotopic (exact) mass is 263 g/mol. The summed E-state index contributed by atoms with van der Waals surface area (Å²) in [6.07, 6.45) is 8.30. The summed E-state index contributed by atoms with van der Waals surface area (Å²) in [6.45, 7) is 5.31. The zero-order valence-corrected chi connectivity index (χ0v) is 11.9. The number of hydrazine groups is 1. The highest BCUT2D eigenvalue weighted by Gasteiger charge is 2.18. The molecule has 1 fully saturated rings. The molecule has 5 nitrogen and oxygen atoms in total. The van der Waals surface area contributed by atoms with Gasteiger partial charge in [0.1, 0.15) is 18.0 Å². The highest BCUT2D eigenvalue weighted by molar-refractivity contribution is 5.55. The van der Waals surface area contributed by atoms with E-state index in [0.717, 1.165) is 29.8 Å². The zero-order valence-electron chi connectivity index (χ0n) is 11.9. The number of hydrogen-bond donors (Lipinski definition) is 3. The standard InChI is InChI=1S/C14H25N5/c1-10-4-3-5-12(8-10)6-7-16-13-11(2)14(19-15)18-9-17-13/h9-10,12H,3-8,15H2,1-2H3,(H2,16,17,18,19). The molecule has 0 aromatic carbocycles. The molecule has 1 aliphatic carbocycles. The molecule has 0 amide bonds. The van der Waals surface area contributed by atoms with Gasteiger partial charge >= 0.3 is 0 Å². The number of hydrogen-bond acceptors (Lipinski definition) is 5. The van der Waals surface area contributed by atoms with Crippen LogP contribution >= 0.6 is 0 Å². The van der Waals surface area contributed by atoms with Crippen LogP contribution in [0, 0.1) is 18.8 Å². The molecule has 1 aromatic rings. The van der Waals surface area contributed by atoms with Gasteiger partial charge < -0.3 is 10.7 Å². The van der Waals surface area contributed by atoms with Crippen molar-refractivity contribution < 1.29 is 0 Å². The van der Waals surface area contributed by atoms with E-state index in [9.17, 15) is 0 Å². The molecule has 0 bridgehead atoms. The second-order valence-electron chi connectivity index (χ2n) is 5.69. The van der Waals surface area contributed by atoms with Crippen molar-refractivity contribution in [2.45, 2.75) is 46.0 Å². The normalized spacial score (nSPS) is 23.1. The molecule has 0 spiro atoms. The van der Waals surface area contributed by atoms with Crippen molar-refractivity contribution in [3.63, 3.8) is 0 Å². The SMILES string of the molecule is Cc1c(NN)ncnc1NCCC1CCCC(C)C1. The fourth-order valence-corrected chi connectivity index (χ4v) is 2.99. The minimum atomic E-state index is 0.684. The van der Waals surface area contributed by atoms with Crippen LogP contribution in [0.15, 0.2) is 6.33 Å².